The van der Waals surface area contributed by atoms with Crippen LogP contribution in [0.25, 0.3) is 11.4 Å². The Kier molecular flexibility index (Phi) is 6.31. The number of aryl methyl sites for hydroxylation is 2. The lowest BCUT2D eigenvalue weighted by atomic mass is 10.1. The van der Waals surface area contributed by atoms with Gasteiger partial charge >= 0.3 is 0 Å². The Labute approximate surface area is 193 Å². The van der Waals surface area contributed by atoms with Crippen LogP contribution in [0.2, 0.25) is 0 Å². The molecule has 0 aliphatic heterocycles. The highest BCUT2D eigenvalue weighted by Gasteiger charge is 2.13. The van der Waals surface area contributed by atoms with Crippen molar-refractivity contribution in [1.82, 2.24) is 15.0 Å². The number of aromatic nitrogens is 3. The molecule has 166 valence electrons. The van der Waals surface area contributed by atoms with E-state index in [1.807, 2.05) is 68.4 Å². The molecule has 0 atom stereocenters. The van der Waals surface area contributed by atoms with Crippen molar-refractivity contribution >= 4 is 23.1 Å². The van der Waals surface area contributed by atoms with Crippen molar-refractivity contribution in [2.45, 2.75) is 20.8 Å². The number of hydrogen-bond donors (Lipinski definition) is 1. The van der Waals surface area contributed by atoms with Crippen LogP contribution in [0.5, 0.6) is 11.5 Å². The topological polar surface area (TPSA) is 80.2 Å². The van der Waals surface area contributed by atoms with Crippen molar-refractivity contribution in [3.05, 3.63) is 84.3 Å². The molecule has 0 saturated carbocycles. The van der Waals surface area contributed by atoms with Crippen LogP contribution in [0.3, 0.4) is 0 Å². The molecule has 0 saturated heterocycles. The molecule has 1 amide bonds. The zero-order valence-corrected chi connectivity index (χ0v) is 19.0. The maximum absolute atomic E-state index is 11.5. The molecule has 7 heteroatoms. The van der Waals surface area contributed by atoms with Gasteiger partial charge in [0.15, 0.2) is 5.75 Å². The predicted molar refractivity (Wildman–Crippen MR) is 130 cm³/mol. The Morgan fingerprint density at radius 1 is 0.970 bits per heavy atom. The maximum atomic E-state index is 11.5. The summed E-state index contributed by atoms with van der Waals surface area (Å²) in [4.78, 5) is 26.7. The lowest BCUT2D eigenvalue weighted by Crippen LogP contribution is -2.22. The zero-order chi connectivity index (χ0) is 23.4. The van der Waals surface area contributed by atoms with Crippen LogP contribution in [-0.2, 0) is 4.79 Å². The van der Waals surface area contributed by atoms with E-state index >= 15 is 0 Å². The number of benzene rings is 1. The first kappa shape index (κ1) is 22.0. The van der Waals surface area contributed by atoms with E-state index in [1.54, 1.807) is 30.4 Å². The van der Waals surface area contributed by atoms with E-state index in [4.69, 9.17) is 9.72 Å². The summed E-state index contributed by atoms with van der Waals surface area (Å²) in [6.45, 7) is 5.51. The monoisotopic (exact) mass is 439 g/mol. The van der Waals surface area contributed by atoms with E-state index in [0.717, 1.165) is 28.3 Å². The summed E-state index contributed by atoms with van der Waals surface area (Å²) in [5, 5.41) is 3.27. The van der Waals surface area contributed by atoms with Crippen molar-refractivity contribution in [3.8, 4) is 22.9 Å². The smallest absolute Gasteiger partial charge is 0.223 e. The number of carbonyl (C=O) groups excluding carboxylic acids is 1. The average Bonchev–Trinajstić information content (AvgIpc) is 2.82. The first-order valence-corrected chi connectivity index (χ1v) is 10.6. The standard InChI is InChI=1S/C26H25N5O2/c1-17-15-24(26(29-18(17)2)23-7-5-6-13-27-23)33-22-12-14-28-25(16-22)30-20-8-10-21(11-9-20)31(4)19(3)32/h5-16H,1-4H3,(H,28,30). The highest BCUT2D eigenvalue weighted by Crippen LogP contribution is 2.33. The lowest BCUT2D eigenvalue weighted by Gasteiger charge is -2.16. The third kappa shape index (κ3) is 5.15. The number of anilines is 3. The molecule has 0 unspecified atom stereocenters. The van der Waals surface area contributed by atoms with Gasteiger partial charge in [-0.05, 0) is 67.9 Å². The second-order valence-corrected chi connectivity index (χ2v) is 7.68. The van der Waals surface area contributed by atoms with Crippen LogP contribution in [0.15, 0.2) is 73.1 Å². The van der Waals surface area contributed by atoms with E-state index in [-0.39, 0.29) is 5.91 Å². The molecule has 33 heavy (non-hydrogen) atoms. The number of hydrogen-bond acceptors (Lipinski definition) is 6. The van der Waals surface area contributed by atoms with Crippen LogP contribution in [-0.4, -0.2) is 27.9 Å². The Morgan fingerprint density at radius 2 is 1.76 bits per heavy atom. The summed E-state index contributed by atoms with van der Waals surface area (Å²) in [7, 11) is 1.74. The maximum Gasteiger partial charge on any atom is 0.223 e. The highest BCUT2D eigenvalue weighted by atomic mass is 16.5. The Bertz CT molecular complexity index is 1270. The fourth-order valence-corrected chi connectivity index (χ4v) is 3.21. The zero-order valence-electron chi connectivity index (χ0n) is 19.0. The van der Waals surface area contributed by atoms with Gasteiger partial charge in [-0.2, -0.15) is 0 Å². The van der Waals surface area contributed by atoms with Crippen molar-refractivity contribution in [2.24, 2.45) is 0 Å². The number of pyridine rings is 3. The van der Waals surface area contributed by atoms with Gasteiger partial charge in [0.05, 0.1) is 5.69 Å². The highest BCUT2D eigenvalue weighted by molar-refractivity contribution is 5.91. The summed E-state index contributed by atoms with van der Waals surface area (Å²) < 4.78 is 6.23. The van der Waals surface area contributed by atoms with Crippen LogP contribution >= 0.6 is 0 Å². The van der Waals surface area contributed by atoms with Crippen molar-refractivity contribution in [2.75, 3.05) is 17.3 Å². The molecule has 0 spiro atoms. The molecular formula is C26H25N5O2. The van der Waals surface area contributed by atoms with Gasteiger partial charge in [-0.25, -0.2) is 9.97 Å². The lowest BCUT2D eigenvalue weighted by molar-refractivity contribution is -0.116. The number of nitrogens with zero attached hydrogens (tertiary/aromatic N) is 4. The Morgan fingerprint density at radius 3 is 2.45 bits per heavy atom. The number of carbonyl (C=O) groups is 1. The molecule has 4 aromatic rings. The fraction of sp³-hybridized carbons (Fsp3) is 0.154. The molecule has 0 bridgehead atoms. The van der Waals surface area contributed by atoms with E-state index in [0.29, 0.717) is 23.0 Å². The van der Waals surface area contributed by atoms with Gasteiger partial charge in [0.1, 0.15) is 17.3 Å². The van der Waals surface area contributed by atoms with Crippen LogP contribution < -0.4 is 15.0 Å². The minimum Gasteiger partial charge on any atom is -0.455 e. The molecular weight excluding hydrogens is 414 g/mol. The number of ether oxygens (including phenoxy) is 1. The fourth-order valence-electron chi connectivity index (χ4n) is 3.21. The third-order valence-corrected chi connectivity index (χ3v) is 5.30. The first-order valence-electron chi connectivity index (χ1n) is 10.6. The van der Waals surface area contributed by atoms with Gasteiger partial charge in [0.2, 0.25) is 5.91 Å². The van der Waals surface area contributed by atoms with Gasteiger partial charge in [-0.1, -0.05) is 6.07 Å². The summed E-state index contributed by atoms with van der Waals surface area (Å²) in [6.07, 6.45) is 3.42. The Balaban J connectivity index is 1.57. The minimum absolute atomic E-state index is 0.0202. The second-order valence-electron chi connectivity index (χ2n) is 7.68. The van der Waals surface area contributed by atoms with E-state index < -0.39 is 0 Å². The van der Waals surface area contributed by atoms with Crippen LogP contribution in [0, 0.1) is 13.8 Å². The molecule has 0 aliphatic rings. The molecule has 1 aromatic carbocycles. The molecule has 0 radical (unpaired) electrons. The van der Waals surface area contributed by atoms with E-state index in [2.05, 4.69) is 15.3 Å². The molecule has 3 aromatic heterocycles. The molecule has 0 aliphatic carbocycles. The third-order valence-electron chi connectivity index (χ3n) is 5.30. The van der Waals surface area contributed by atoms with E-state index in [1.165, 1.54) is 6.92 Å². The normalized spacial score (nSPS) is 10.5. The van der Waals surface area contributed by atoms with Gasteiger partial charge < -0.3 is 15.0 Å². The van der Waals surface area contributed by atoms with E-state index in [9.17, 15) is 4.79 Å². The molecule has 4 rings (SSSR count). The molecule has 3 heterocycles. The molecule has 1 N–H and O–H groups in total. The molecule has 0 fully saturated rings. The summed E-state index contributed by atoms with van der Waals surface area (Å²) in [5.74, 6) is 1.87. The van der Waals surface area contributed by atoms with Gasteiger partial charge in [0, 0.05) is 49.5 Å². The summed E-state index contributed by atoms with van der Waals surface area (Å²) in [5.41, 5.74) is 5.07. The predicted octanol–water partition coefficient (Wildman–Crippen LogP) is 5.67. The number of rotatable bonds is 6. The number of amides is 1. The Hall–Kier alpha value is -4.26. The SMILES string of the molecule is CC(=O)N(C)c1ccc(Nc2cc(Oc3cc(C)c(C)nc3-c3ccccn3)ccn2)cc1. The first-order chi connectivity index (χ1) is 15.9. The van der Waals surface area contributed by atoms with Crippen molar-refractivity contribution < 1.29 is 9.53 Å². The van der Waals surface area contributed by atoms with Gasteiger partial charge in [-0.15, -0.1) is 0 Å². The van der Waals surface area contributed by atoms with Crippen molar-refractivity contribution in [3.63, 3.8) is 0 Å². The minimum atomic E-state index is -0.0202. The number of nitrogens with one attached hydrogen (secondary N) is 1. The largest absolute Gasteiger partial charge is 0.455 e. The summed E-state index contributed by atoms with van der Waals surface area (Å²) >= 11 is 0. The second kappa shape index (κ2) is 9.48. The summed E-state index contributed by atoms with van der Waals surface area (Å²) in [6, 6.07) is 18.9. The molecule has 7 nitrogen and oxygen atoms in total. The quantitative estimate of drug-likeness (QED) is 0.417. The van der Waals surface area contributed by atoms with Gasteiger partial charge in [0.25, 0.3) is 0 Å². The van der Waals surface area contributed by atoms with Crippen molar-refractivity contribution in [1.29, 1.82) is 0 Å². The van der Waals surface area contributed by atoms with Crippen LogP contribution in [0.1, 0.15) is 18.2 Å². The van der Waals surface area contributed by atoms with Gasteiger partial charge in [-0.3, -0.25) is 9.78 Å². The average molecular weight is 440 g/mol. The van der Waals surface area contributed by atoms with Crippen LogP contribution in [0.4, 0.5) is 17.2 Å².